The monoisotopic (exact) mass is 369 g/mol. The van der Waals surface area contributed by atoms with Crippen molar-refractivity contribution in [2.75, 3.05) is 41.3 Å². The fourth-order valence-electron chi connectivity index (χ4n) is 3.06. The lowest BCUT2D eigenvalue weighted by Gasteiger charge is -2.34. The van der Waals surface area contributed by atoms with E-state index in [1.54, 1.807) is 19.1 Å². The molecule has 0 aromatic heterocycles. The number of piperidine rings is 1. The van der Waals surface area contributed by atoms with Gasteiger partial charge >= 0.3 is 0 Å². The topological polar surface area (TPSA) is 70.2 Å². The van der Waals surface area contributed by atoms with Crippen LogP contribution in [0.15, 0.2) is 24.3 Å². The van der Waals surface area contributed by atoms with Crippen LogP contribution in [0.2, 0.25) is 0 Å². The maximum absolute atomic E-state index is 12.8. The molecule has 25 heavy (non-hydrogen) atoms. The molecule has 1 aromatic rings. The smallest absolute Gasteiger partial charge is 0.281 e. The summed E-state index contributed by atoms with van der Waals surface area (Å²) in [5.74, 6) is 0.385. The Morgan fingerprint density at radius 1 is 1.28 bits per heavy atom. The number of methoxy groups -OCH3 is 1. The van der Waals surface area contributed by atoms with E-state index in [1.807, 2.05) is 24.3 Å². The molecular weight excluding hydrogens is 342 g/mol. The minimum Gasteiger partial charge on any atom is -0.496 e. The van der Waals surface area contributed by atoms with E-state index in [9.17, 15) is 13.2 Å². The van der Waals surface area contributed by atoms with Gasteiger partial charge in [-0.25, -0.2) is 0 Å². The molecule has 1 fully saturated rings. The average Bonchev–Trinajstić information content (AvgIpc) is 2.61. The first kappa shape index (κ1) is 19.7. The molecule has 0 radical (unpaired) electrons. The number of carbonyl (C=O) groups excluding carboxylic acids is 1. The molecule has 1 amide bonds. The molecule has 1 aromatic carbocycles. The fraction of sp³-hybridized carbons (Fsp3) is 0.588. The molecule has 2 rings (SSSR count). The van der Waals surface area contributed by atoms with Crippen LogP contribution in [0.4, 0.5) is 0 Å². The second kappa shape index (κ2) is 8.16. The molecule has 1 saturated heterocycles. The van der Waals surface area contributed by atoms with Crippen molar-refractivity contribution in [3.05, 3.63) is 29.8 Å². The number of ether oxygens (including phenoxy) is 1. The summed E-state index contributed by atoms with van der Waals surface area (Å²) >= 11 is 0. The van der Waals surface area contributed by atoms with Gasteiger partial charge in [0.15, 0.2) is 0 Å². The zero-order valence-corrected chi connectivity index (χ0v) is 16.1. The summed E-state index contributed by atoms with van der Waals surface area (Å²) in [6.45, 7) is 1.12. The molecule has 0 unspecified atom stereocenters. The molecule has 0 saturated carbocycles. The van der Waals surface area contributed by atoms with Gasteiger partial charge in [0.2, 0.25) is 5.91 Å². The average molecular weight is 369 g/mol. The van der Waals surface area contributed by atoms with Gasteiger partial charge in [0.1, 0.15) is 5.75 Å². The highest BCUT2D eigenvalue weighted by atomic mass is 32.2. The van der Waals surface area contributed by atoms with Crippen molar-refractivity contribution < 1.29 is 17.9 Å². The van der Waals surface area contributed by atoms with Crippen LogP contribution >= 0.6 is 0 Å². The highest BCUT2D eigenvalue weighted by Crippen LogP contribution is 2.24. The minimum atomic E-state index is -3.49. The molecule has 0 aliphatic carbocycles. The quantitative estimate of drug-likeness (QED) is 0.755. The van der Waals surface area contributed by atoms with Gasteiger partial charge in [-0.2, -0.15) is 17.0 Å². The van der Waals surface area contributed by atoms with Crippen LogP contribution in [-0.4, -0.2) is 69.2 Å². The number of rotatable bonds is 6. The first-order valence-electron chi connectivity index (χ1n) is 8.31. The molecular formula is C17H27N3O4S. The molecule has 0 bridgehead atoms. The fourth-order valence-corrected chi connectivity index (χ4v) is 4.25. The minimum absolute atomic E-state index is 0.0374. The van der Waals surface area contributed by atoms with E-state index in [0.717, 1.165) is 11.3 Å². The SMILES string of the molecule is COc1ccccc1CN(C)C(=O)[C@@H]1CCCN(S(=O)(=O)N(C)C)C1. The summed E-state index contributed by atoms with van der Waals surface area (Å²) in [5, 5.41) is 0. The molecule has 7 nitrogen and oxygen atoms in total. The molecule has 0 spiro atoms. The van der Waals surface area contributed by atoms with Gasteiger partial charge < -0.3 is 9.64 Å². The van der Waals surface area contributed by atoms with E-state index < -0.39 is 10.2 Å². The van der Waals surface area contributed by atoms with E-state index in [0.29, 0.717) is 25.9 Å². The molecule has 1 aliphatic heterocycles. The van der Waals surface area contributed by atoms with Crippen molar-refractivity contribution in [1.82, 2.24) is 13.5 Å². The van der Waals surface area contributed by atoms with Crippen molar-refractivity contribution in [2.24, 2.45) is 5.92 Å². The second-order valence-electron chi connectivity index (χ2n) is 6.49. The maximum Gasteiger partial charge on any atom is 0.281 e. The normalized spacial score (nSPS) is 19.0. The van der Waals surface area contributed by atoms with E-state index in [4.69, 9.17) is 4.74 Å². The first-order chi connectivity index (χ1) is 11.8. The second-order valence-corrected chi connectivity index (χ2v) is 8.64. The molecule has 140 valence electrons. The van der Waals surface area contributed by atoms with Gasteiger partial charge in [-0.05, 0) is 18.9 Å². The third-order valence-corrected chi connectivity index (χ3v) is 6.40. The summed E-state index contributed by atoms with van der Waals surface area (Å²) in [5.41, 5.74) is 0.925. The Hall–Kier alpha value is -1.64. The first-order valence-corrected chi connectivity index (χ1v) is 9.71. The van der Waals surface area contributed by atoms with Gasteiger partial charge in [0.05, 0.1) is 13.0 Å². The number of hydrogen-bond acceptors (Lipinski definition) is 4. The lowest BCUT2D eigenvalue weighted by molar-refractivity contribution is -0.135. The van der Waals surface area contributed by atoms with Crippen molar-refractivity contribution in [1.29, 1.82) is 0 Å². The third-order valence-electron chi connectivity index (χ3n) is 4.50. The van der Waals surface area contributed by atoms with Crippen molar-refractivity contribution in [3.63, 3.8) is 0 Å². The third kappa shape index (κ3) is 4.50. The Morgan fingerprint density at radius 2 is 1.96 bits per heavy atom. The van der Waals surface area contributed by atoms with Gasteiger partial charge in [-0.3, -0.25) is 4.79 Å². The summed E-state index contributed by atoms with van der Waals surface area (Å²) in [7, 11) is 2.88. The number of hydrogen-bond donors (Lipinski definition) is 0. The maximum atomic E-state index is 12.8. The van der Waals surface area contributed by atoms with Crippen LogP contribution in [0.3, 0.4) is 0 Å². The van der Waals surface area contributed by atoms with Crippen LogP contribution in [0.1, 0.15) is 18.4 Å². The molecule has 1 aliphatic rings. The molecule has 1 atom stereocenters. The lowest BCUT2D eigenvalue weighted by atomic mass is 9.98. The Labute approximate surface area is 150 Å². The highest BCUT2D eigenvalue weighted by Gasteiger charge is 2.34. The van der Waals surface area contributed by atoms with Gasteiger partial charge in [0, 0.05) is 46.3 Å². The predicted octanol–water partition coefficient (Wildman–Crippen LogP) is 1.17. The van der Waals surface area contributed by atoms with Gasteiger partial charge in [-0.1, -0.05) is 18.2 Å². The zero-order valence-electron chi connectivity index (χ0n) is 15.3. The van der Waals surface area contributed by atoms with E-state index in [1.165, 1.54) is 22.7 Å². The van der Waals surface area contributed by atoms with Crippen molar-refractivity contribution >= 4 is 16.1 Å². The number of carbonyl (C=O) groups is 1. The Balaban J connectivity index is 2.06. The van der Waals surface area contributed by atoms with E-state index in [-0.39, 0.29) is 18.4 Å². The summed E-state index contributed by atoms with van der Waals surface area (Å²) in [6, 6.07) is 7.57. The Bertz CT molecular complexity index is 706. The molecule has 0 N–H and O–H groups in total. The van der Waals surface area contributed by atoms with Crippen LogP contribution in [0.5, 0.6) is 5.75 Å². The summed E-state index contributed by atoms with van der Waals surface area (Å²) < 4.78 is 32.5. The van der Waals surface area contributed by atoms with Crippen LogP contribution < -0.4 is 4.74 Å². The predicted molar refractivity (Wildman–Crippen MR) is 96.4 cm³/mol. The van der Waals surface area contributed by atoms with Crippen molar-refractivity contribution in [3.8, 4) is 5.75 Å². The molecule has 8 heteroatoms. The van der Waals surface area contributed by atoms with Crippen molar-refractivity contribution in [2.45, 2.75) is 19.4 Å². The van der Waals surface area contributed by atoms with Crippen LogP contribution in [0, 0.1) is 5.92 Å². The van der Waals surface area contributed by atoms with E-state index in [2.05, 4.69) is 0 Å². The Morgan fingerprint density at radius 3 is 2.60 bits per heavy atom. The van der Waals surface area contributed by atoms with E-state index >= 15 is 0 Å². The summed E-state index contributed by atoms with van der Waals surface area (Å²) in [4.78, 5) is 14.4. The Kier molecular flexibility index (Phi) is 6.42. The zero-order chi connectivity index (χ0) is 18.6. The number of para-hydroxylation sites is 1. The molecule has 1 heterocycles. The number of amides is 1. The summed E-state index contributed by atoms with van der Waals surface area (Å²) in [6.07, 6.45) is 1.39. The van der Waals surface area contributed by atoms with Crippen LogP contribution in [0.25, 0.3) is 0 Å². The number of benzene rings is 1. The van der Waals surface area contributed by atoms with Gasteiger partial charge in [0.25, 0.3) is 10.2 Å². The standard InChI is InChI=1S/C17H27N3O4S/c1-18(2)25(22,23)20-11-7-9-15(13-20)17(21)19(3)12-14-8-5-6-10-16(14)24-4/h5-6,8,10,15H,7,9,11-13H2,1-4H3/t15-/m1/s1. The number of nitrogens with zero attached hydrogens (tertiary/aromatic N) is 3. The van der Waals surface area contributed by atoms with Gasteiger partial charge in [-0.15, -0.1) is 0 Å². The highest BCUT2D eigenvalue weighted by molar-refractivity contribution is 7.86. The van der Waals surface area contributed by atoms with Crippen LogP contribution in [-0.2, 0) is 21.5 Å². The largest absolute Gasteiger partial charge is 0.496 e. The lowest BCUT2D eigenvalue weighted by Crippen LogP contribution is -2.49.